The number of aromatic nitrogens is 2. The van der Waals surface area contributed by atoms with Crippen molar-refractivity contribution in [3.63, 3.8) is 0 Å². The lowest BCUT2D eigenvalue weighted by molar-refractivity contribution is 0.131. The molecule has 3 heterocycles. The van der Waals surface area contributed by atoms with Gasteiger partial charge in [-0.1, -0.05) is 13.8 Å². The smallest absolute Gasteiger partial charge is 0.146 e. The second-order valence-corrected chi connectivity index (χ2v) is 8.64. The zero-order chi connectivity index (χ0) is 16.0. The Bertz CT molecular complexity index is 713. The summed E-state index contributed by atoms with van der Waals surface area (Å²) in [5, 5.41) is 1.15. The molecule has 2 atom stereocenters. The van der Waals surface area contributed by atoms with Gasteiger partial charge >= 0.3 is 0 Å². The van der Waals surface area contributed by atoms with Crippen molar-refractivity contribution in [3.8, 4) is 0 Å². The lowest BCUT2D eigenvalue weighted by atomic mass is 9.92. The predicted octanol–water partition coefficient (Wildman–Crippen LogP) is 3.63. The van der Waals surface area contributed by atoms with Crippen molar-refractivity contribution in [2.75, 3.05) is 18.8 Å². The predicted molar refractivity (Wildman–Crippen MR) is 96.7 cm³/mol. The molecule has 0 spiro atoms. The maximum atomic E-state index is 6.32. The minimum absolute atomic E-state index is 0.697. The van der Waals surface area contributed by atoms with E-state index in [1.165, 1.54) is 36.1 Å². The van der Waals surface area contributed by atoms with Gasteiger partial charge in [-0.3, -0.25) is 4.90 Å². The van der Waals surface area contributed by atoms with Gasteiger partial charge < -0.3 is 5.73 Å². The third-order valence-corrected chi connectivity index (χ3v) is 6.38. The zero-order valence-corrected chi connectivity index (χ0v) is 15.0. The van der Waals surface area contributed by atoms with Gasteiger partial charge in [0, 0.05) is 18.0 Å². The monoisotopic (exact) mass is 330 g/mol. The maximum absolute atomic E-state index is 6.32. The molecule has 1 saturated heterocycles. The van der Waals surface area contributed by atoms with Crippen molar-refractivity contribution < 1.29 is 0 Å². The summed E-state index contributed by atoms with van der Waals surface area (Å²) in [7, 11) is 0. The molecule has 0 amide bonds. The number of anilines is 1. The largest absolute Gasteiger partial charge is 0.383 e. The highest BCUT2D eigenvalue weighted by molar-refractivity contribution is 7.19. The molecule has 2 aliphatic rings. The van der Waals surface area contributed by atoms with Crippen LogP contribution in [-0.4, -0.2) is 28.0 Å². The average molecular weight is 331 g/mol. The number of piperidine rings is 1. The van der Waals surface area contributed by atoms with Gasteiger partial charge in [-0.15, -0.1) is 11.3 Å². The second kappa shape index (κ2) is 6.02. The van der Waals surface area contributed by atoms with Crippen LogP contribution in [0.15, 0.2) is 0 Å². The Labute approximate surface area is 142 Å². The molecule has 2 N–H and O–H groups in total. The summed E-state index contributed by atoms with van der Waals surface area (Å²) >= 11 is 1.84. The molecule has 2 aromatic rings. The van der Waals surface area contributed by atoms with Gasteiger partial charge in [0.2, 0.25) is 0 Å². The van der Waals surface area contributed by atoms with E-state index in [-0.39, 0.29) is 0 Å². The van der Waals surface area contributed by atoms with Gasteiger partial charge in [-0.25, -0.2) is 9.97 Å². The number of nitrogens with zero attached hydrogens (tertiary/aromatic N) is 3. The quantitative estimate of drug-likeness (QED) is 0.913. The van der Waals surface area contributed by atoms with Crippen LogP contribution < -0.4 is 5.73 Å². The van der Waals surface area contributed by atoms with Crippen molar-refractivity contribution in [2.24, 2.45) is 11.8 Å². The van der Waals surface area contributed by atoms with E-state index < -0.39 is 0 Å². The van der Waals surface area contributed by atoms with Crippen LogP contribution in [-0.2, 0) is 19.4 Å². The fraction of sp³-hybridized carbons (Fsp3) is 0.667. The summed E-state index contributed by atoms with van der Waals surface area (Å²) < 4.78 is 0. The van der Waals surface area contributed by atoms with Crippen LogP contribution in [0.1, 0.15) is 49.4 Å². The van der Waals surface area contributed by atoms with E-state index in [9.17, 15) is 0 Å². The fourth-order valence-corrected chi connectivity index (χ4v) is 5.71. The summed E-state index contributed by atoms with van der Waals surface area (Å²) in [4.78, 5) is 14.6. The molecule has 0 bridgehead atoms. The third-order valence-electron chi connectivity index (χ3n) is 5.20. The van der Waals surface area contributed by atoms with Gasteiger partial charge in [-0.2, -0.15) is 0 Å². The highest BCUT2D eigenvalue weighted by Gasteiger charge is 2.24. The van der Waals surface area contributed by atoms with Gasteiger partial charge in [-0.05, 0) is 49.5 Å². The first-order valence-corrected chi connectivity index (χ1v) is 9.70. The second-order valence-electron chi connectivity index (χ2n) is 7.56. The molecule has 23 heavy (non-hydrogen) atoms. The van der Waals surface area contributed by atoms with E-state index in [1.807, 2.05) is 11.3 Å². The zero-order valence-electron chi connectivity index (χ0n) is 14.1. The van der Waals surface area contributed by atoms with Crippen LogP contribution in [0.5, 0.6) is 0 Å². The topological polar surface area (TPSA) is 55.0 Å². The Morgan fingerprint density at radius 2 is 1.87 bits per heavy atom. The Morgan fingerprint density at radius 3 is 2.65 bits per heavy atom. The molecule has 5 heteroatoms. The van der Waals surface area contributed by atoms with Crippen molar-refractivity contribution in [1.29, 1.82) is 0 Å². The van der Waals surface area contributed by atoms with Crippen LogP contribution in [0.3, 0.4) is 0 Å². The Balaban J connectivity index is 1.63. The third kappa shape index (κ3) is 2.96. The minimum atomic E-state index is 0.697. The SMILES string of the molecule is C[C@@H]1C[C@H](C)CN(Cc2nc(N)c3c4c(sc3n2)CCCC4)C1. The maximum Gasteiger partial charge on any atom is 0.146 e. The molecule has 0 saturated carbocycles. The first-order chi connectivity index (χ1) is 11.1. The standard InChI is InChI=1S/C18H26N4S/c1-11-7-12(2)9-22(8-11)10-15-20-17(19)16-13-5-3-4-6-14(13)23-18(16)21-15/h11-12H,3-10H2,1-2H3,(H2,19,20,21)/t11-,12+. The van der Waals surface area contributed by atoms with Crippen molar-refractivity contribution >= 4 is 27.4 Å². The Morgan fingerprint density at radius 1 is 1.13 bits per heavy atom. The Hall–Kier alpha value is -1.20. The summed E-state index contributed by atoms with van der Waals surface area (Å²) in [6, 6.07) is 0. The van der Waals surface area contributed by atoms with Gasteiger partial charge in [0.15, 0.2) is 0 Å². The minimum Gasteiger partial charge on any atom is -0.383 e. The molecule has 124 valence electrons. The van der Waals surface area contributed by atoms with Crippen LogP contribution in [0.4, 0.5) is 5.82 Å². The van der Waals surface area contributed by atoms with E-state index in [0.29, 0.717) is 5.82 Å². The highest BCUT2D eigenvalue weighted by atomic mass is 32.1. The number of rotatable bonds is 2. The van der Waals surface area contributed by atoms with Crippen LogP contribution in [0.25, 0.3) is 10.2 Å². The van der Waals surface area contributed by atoms with Crippen LogP contribution in [0.2, 0.25) is 0 Å². The number of aryl methyl sites for hydroxylation is 2. The highest BCUT2D eigenvalue weighted by Crippen LogP contribution is 2.37. The number of nitrogen functional groups attached to an aromatic ring is 1. The van der Waals surface area contributed by atoms with Gasteiger partial charge in [0.05, 0.1) is 11.9 Å². The van der Waals surface area contributed by atoms with Crippen LogP contribution in [0, 0.1) is 11.8 Å². The van der Waals surface area contributed by atoms with Gasteiger partial charge in [0.1, 0.15) is 16.5 Å². The number of nitrogens with two attached hydrogens (primary N) is 1. The molecule has 1 aliphatic heterocycles. The molecular weight excluding hydrogens is 304 g/mol. The van der Waals surface area contributed by atoms with E-state index >= 15 is 0 Å². The Kier molecular flexibility index (Phi) is 4.01. The normalized spacial score (nSPS) is 25.7. The molecule has 1 aliphatic carbocycles. The lowest BCUT2D eigenvalue weighted by Gasteiger charge is -2.34. The molecule has 2 aromatic heterocycles. The van der Waals surface area contributed by atoms with Crippen molar-refractivity contribution in [3.05, 3.63) is 16.3 Å². The number of fused-ring (bicyclic) bond motifs is 3. The first kappa shape index (κ1) is 15.3. The molecule has 0 unspecified atom stereocenters. The number of hydrogen-bond acceptors (Lipinski definition) is 5. The van der Waals surface area contributed by atoms with E-state index in [0.717, 1.165) is 53.9 Å². The van der Waals surface area contributed by atoms with E-state index in [1.54, 1.807) is 0 Å². The summed E-state index contributed by atoms with van der Waals surface area (Å²) in [6.45, 7) is 7.80. The average Bonchev–Trinajstić information content (AvgIpc) is 2.84. The summed E-state index contributed by atoms with van der Waals surface area (Å²) in [5.74, 6) is 3.11. The van der Waals surface area contributed by atoms with E-state index in [4.69, 9.17) is 10.7 Å². The molecule has 0 radical (unpaired) electrons. The number of likely N-dealkylation sites (tertiary alicyclic amines) is 1. The van der Waals surface area contributed by atoms with Crippen LogP contribution >= 0.6 is 11.3 Å². The van der Waals surface area contributed by atoms with Crippen molar-refractivity contribution in [1.82, 2.24) is 14.9 Å². The molecular formula is C18H26N4S. The molecule has 1 fully saturated rings. The summed E-state index contributed by atoms with van der Waals surface area (Å²) in [6.07, 6.45) is 6.22. The first-order valence-electron chi connectivity index (χ1n) is 8.89. The molecule has 0 aromatic carbocycles. The number of hydrogen-bond donors (Lipinski definition) is 1. The van der Waals surface area contributed by atoms with Gasteiger partial charge in [0.25, 0.3) is 0 Å². The molecule has 4 rings (SSSR count). The molecule has 4 nitrogen and oxygen atoms in total. The van der Waals surface area contributed by atoms with Crippen molar-refractivity contribution in [2.45, 2.75) is 52.5 Å². The number of thiophene rings is 1. The van der Waals surface area contributed by atoms with E-state index in [2.05, 4.69) is 23.7 Å². The summed E-state index contributed by atoms with van der Waals surface area (Å²) in [5.41, 5.74) is 7.75. The fourth-order valence-electron chi connectivity index (χ4n) is 4.42. The lowest BCUT2D eigenvalue weighted by Crippen LogP contribution is -2.38.